The molecule has 0 unspecified atom stereocenters. The van der Waals surface area contributed by atoms with Crippen molar-refractivity contribution in [2.24, 2.45) is 0 Å². The number of thiazole rings is 1. The summed E-state index contributed by atoms with van der Waals surface area (Å²) in [7, 11) is 0. The second-order valence-corrected chi connectivity index (χ2v) is 9.16. The summed E-state index contributed by atoms with van der Waals surface area (Å²) in [6.07, 6.45) is 0. The van der Waals surface area contributed by atoms with E-state index < -0.39 is 0 Å². The number of thioether (sulfide) groups is 1. The Kier molecular flexibility index (Phi) is 6.48. The summed E-state index contributed by atoms with van der Waals surface area (Å²) in [5, 5.41) is 9.25. The van der Waals surface area contributed by atoms with Gasteiger partial charge in [-0.3, -0.25) is 10.1 Å². The van der Waals surface area contributed by atoms with E-state index in [-0.39, 0.29) is 5.91 Å². The highest BCUT2D eigenvalue weighted by Gasteiger charge is 2.15. The molecule has 1 amide bonds. The van der Waals surface area contributed by atoms with Crippen molar-refractivity contribution >= 4 is 34.1 Å². The number of amides is 1. The lowest BCUT2D eigenvalue weighted by molar-refractivity contribution is 0.102. The van der Waals surface area contributed by atoms with Gasteiger partial charge in [-0.05, 0) is 30.5 Å². The molecular weight excluding hydrogens is 428 g/mol. The van der Waals surface area contributed by atoms with Crippen molar-refractivity contribution in [3.63, 3.8) is 0 Å². The van der Waals surface area contributed by atoms with Crippen LogP contribution in [0.2, 0.25) is 0 Å². The molecule has 0 atom stereocenters. The minimum atomic E-state index is -0.194. The summed E-state index contributed by atoms with van der Waals surface area (Å²) in [5.41, 5.74) is 3.76. The lowest BCUT2D eigenvalue weighted by atomic mass is 10.0. The SMILES string of the molecule is Cc1noc(CSc2ccccc2C(=O)Nc2nc(-c3ccc(C(C)C)cc3)cs2)n1. The maximum atomic E-state index is 12.9. The van der Waals surface area contributed by atoms with Gasteiger partial charge in [0.05, 0.1) is 17.0 Å². The molecule has 0 bridgehead atoms. The van der Waals surface area contributed by atoms with Crippen molar-refractivity contribution in [3.8, 4) is 11.3 Å². The van der Waals surface area contributed by atoms with Crippen molar-refractivity contribution < 1.29 is 9.32 Å². The summed E-state index contributed by atoms with van der Waals surface area (Å²) < 4.78 is 5.16. The predicted molar refractivity (Wildman–Crippen MR) is 125 cm³/mol. The highest BCUT2D eigenvalue weighted by atomic mass is 32.2. The molecule has 0 aliphatic carbocycles. The van der Waals surface area contributed by atoms with E-state index in [0.29, 0.717) is 34.1 Å². The Morgan fingerprint density at radius 3 is 2.61 bits per heavy atom. The molecule has 0 fully saturated rings. The van der Waals surface area contributed by atoms with Crippen LogP contribution >= 0.6 is 23.1 Å². The minimum Gasteiger partial charge on any atom is -0.338 e. The minimum absolute atomic E-state index is 0.194. The number of rotatable bonds is 7. The zero-order chi connectivity index (χ0) is 21.8. The fraction of sp³-hybridized carbons (Fsp3) is 0.217. The van der Waals surface area contributed by atoms with E-state index in [1.165, 1.54) is 28.7 Å². The molecule has 2 aromatic heterocycles. The quantitative estimate of drug-likeness (QED) is 0.339. The molecule has 0 saturated heterocycles. The number of hydrogen-bond donors (Lipinski definition) is 1. The molecule has 0 aliphatic rings. The molecule has 0 spiro atoms. The Morgan fingerprint density at radius 2 is 1.90 bits per heavy atom. The molecule has 2 aromatic carbocycles. The smallest absolute Gasteiger partial charge is 0.258 e. The monoisotopic (exact) mass is 450 g/mol. The number of carbonyl (C=O) groups is 1. The van der Waals surface area contributed by atoms with Crippen molar-refractivity contribution in [3.05, 3.63) is 76.8 Å². The first kappa shape index (κ1) is 21.3. The number of aryl methyl sites for hydroxylation is 1. The first-order valence-corrected chi connectivity index (χ1v) is 11.7. The molecule has 4 rings (SSSR count). The molecule has 158 valence electrons. The van der Waals surface area contributed by atoms with Crippen LogP contribution in [0.1, 0.15) is 47.4 Å². The number of hydrogen-bond acceptors (Lipinski definition) is 7. The molecule has 31 heavy (non-hydrogen) atoms. The average molecular weight is 451 g/mol. The van der Waals surface area contributed by atoms with Crippen molar-refractivity contribution in [1.29, 1.82) is 0 Å². The summed E-state index contributed by atoms with van der Waals surface area (Å²) in [6, 6.07) is 15.8. The van der Waals surface area contributed by atoms with Gasteiger partial charge < -0.3 is 4.52 Å². The second kappa shape index (κ2) is 9.45. The number of nitrogens with zero attached hydrogens (tertiary/aromatic N) is 3. The lowest BCUT2D eigenvalue weighted by Crippen LogP contribution is -2.12. The van der Waals surface area contributed by atoms with Crippen LogP contribution in [0.25, 0.3) is 11.3 Å². The summed E-state index contributed by atoms with van der Waals surface area (Å²) in [4.78, 5) is 22.6. The van der Waals surface area contributed by atoms with Crippen LogP contribution in [0.5, 0.6) is 0 Å². The molecule has 4 aromatic rings. The molecule has 8 heteroatoms. The highest BCUT2D eigenvalue weighted by molar-refractivity contribution is 7.98. The Hall–Kier alpha value is -2.97. The number of nitrogens with one attached hydrogen (secondary N) is 1. The molecule has 1 N–H and O–H groups in total. The summed E-state index contributed by atoms with van der Waals surface area (Å²) >= 11 is 2.90. The van der Waals surface area contributed by atoms with E-state index in [2.05, 4.69) is 58.6 Å². The third kappa shape index (κ3) is 5.21. The average Bonchev–Trinajstić information content (AvgIpc) is 3.41. The Bertz CT molecular complexity index is 1180. The fourth-order valence-electron chi connectivity index (χ4n) is 2.99. The summed E-state index contributed by atoms with van der Waals surface area (Å²) in [5.74, 6) is 1.92. The largest absolute Gasteiger partial charge is 0.338 e. The van der Waals surface area contributed by atoms with Gasteiger partial charge in [0.2, 0.25) is 5.89 Å². The van der Waals surface area contributed by atoms with Gasteiger partial charge in [0.15, 0.2) is 11.0 Å². The second-order valence-electron chi connectivity index (χ2n) is 7.29. The number of carbonyl (C=O) groups excluding carboxylic acids is 1. The molecule has 6 nitrogen and oxygen atoms in total. The number of benzene rings is 2. The van der Waals surface area contributed by atoms with Crippen LogP contribution in [-0.4, -0.2) is 21.0 Å². The van der Waals surface area contributed by atoms with E-state index in [9.17, 15) is 4.79 Å². The van der Waals surface area contributed by atoms with Crippen LogP contribution < -0.4 is 5.32 Å². The van der Waals surface area contributed by atoms with Gasteiger partial charge >= 0.3 is 0 Å². The predicted octanol–water partition coefficient (Wildman–Crippen LogP) is 6.17. The Labute approximate surface area is 189 Å². The molecule has 0 saturated carbocycles. The maximum Gasteiger partial charge on any atom is 0.258 e. The van der Waals surface area contributed by atoms with E-state index in [4.69, 9.17) is 4.52 Å². The van der Waals surface area contributed by atoms with Crippen LogP contribution in [0.15, 0.2) is 63.3 Å². The van der Waals surface area contributed by atoms with Crippen LogP contribution in [0.3, 0.4) is 0 Å². The highest BCUT2D eigenvalue weighted by Crippen LogP contribution is 2.29. The third-order valence-electron chi connectivity index (χ3n) is 4.65. The van der Waals surface area contributed by atoms with E-state index in [1.807, 2.05) is 23.6 Å². The molecule has 0 radical (unpaired) electrons. The van der Waals surface area contributed by atoms with Crippen molar-refractivity contribution in [1.82, 2.24) is 15.1 Å². The van der Waals surface area contributed by atoms with Crippen LogP contribution in [-0.2, 0) is 5.75 Å². The van der Waals surface area contributed by atoms with Gasteiger partial charge in [0, 0.05) is 15.8 Å². The van der Waals surface area contributed by atoms with Crippen molar-refractivity contribution in [2.75, 3.05) is 5.32 Å². The standard InChI is InChI=1S/C23H22N4O2S2/c1-14(2)16-8-10-17(11-9-16)19-12-31-23(25-19)26-22(28)18-6-4-5-7-20(18)30-13-21-24-15(3)27-29-21/h4-12,14H,13H2,1-3H3,(H,25,26,28). The fourth-order valence-corrected chi connectivity index (χ4v) is 4.59. The van der Waals surface area contributed by atoms with Gasteiger partial charge in [0.25, 0.3) is 5.91 Å². The van der Waals surface area contributed by atoms with Crippen molar-refractivity contribution in [2.45, 2.75) is 37.3 Å². The zero-order valence-corrected chi connectivity index (χ0v) is 19.1. The van der Waals surface area contributed by atoms with Gasteiger partial charge in [-0.25, -0.2) is 4.98 Å². The van der Waals surface area contributed by atoms with Gasteiger partial charge in [-0.2, -0.15) is 4.98 Å². The van der Waals surface area contributed by atoms with Crippen LogP contribution in [0.4, 0.5) is 5.13 Å². The topological polar surface area (TPSA) is 80.9 Å². The van der Waals surface area contributed by atoms with E-state index in [0.717, 1.165) is 16.2 Å². The van der Waals surface area contributed by atoms with Gasteiger partial charge in [0.1, 0.15) is 0 Å². The maximum absolute atomic E-state index is 12.9. The first-order chi connectivity index (χ1) is 15.0. The lowest BCUT2D eigenvalue weighted by Gasteiger charge is -2.07. The molecule has 0 aliphatic heterocycles. The van der Waals surface area contributed by atoms with Crippen LogP contribution in [0, 0.1) is 6.92 Å². The van der Waals surface area contributed by atoms with E-state index in [1.54, 1.807) is 13.0 Å². The molecular formula is C23H22N4O2S2. The summed E-state index contributed by atoms with van der Waals surface area (Å²) in [6.45, 7) is 6.12. The Morgan fingerprint density at radius 1 is 1.13 bits per heavy atom. The van der Waals surface area contributed by atoms with Gasteiger partial charge in [-0.1, -0.05) is 55.4 Å². The normalized spacial score (nSPS) is 11.1. The Balaban J connectivity index is 1.45. The number of anilines is 1. The zero-order valence-electron chi connectivity index (χ0n) is 17.5. The van der Waals surface area contributed by atoms with E-state index >= 15 is 0 Å². The van der Waals surface area contributed by atoms with Gasteiger partial charge in [-0.15, -0.1) is 23.1 Å². The number of aromatic nitrogens is 3. The third-order valence-corrected chi connectivity index (χ3v) is 6.47. The first-order valence-electron chi connectivity index (χ1n) is 9.88. The molecule has 2 heterocycles.